The van der Waals surface area contributed by atoms with Crippen LogP contribution in [-0.2, 0) is 22.6 Å². The first-order valence-electron chi connectivity index (χ1n) is 12.3. The summed E-state index contributed by atoms with van der Waals surface area (Å²) < 4.78 is 0. The van der Waals surface area contributed by atoms with Crippen LogP contribution < -0.4 is 5.32 Å². The van der Waals surface area contributed by atoms with Gasteiger partial charge in [-0.1, -0.05) is 84.8 Å². The minimum Gasteiger partial charge on any atom is -0.354 e. The molecule has 2 amide bonds. The van der Waals surface area contributed by atoms with Gasteiger partial charge in [0.25, 0.3) is 0 Å². The van der Waals surface area contributed by atoms with Gasteiger partial charge < -0.3 is 10.2 Å². The van der Waals surface area contributed by atoms with Crippen LogP contribution in [0.25, 0.3) is 0 Å². The Morgan fingerprint density at radius 3 is 2.11 bits per heavy atom. The summed E-state index contributed by atoms with van der Waals surface area (Å²) in [7, 11) is 0. The van der Waals surface area contributed by atoms with Gasteiger partial charge in [0.05, 0.1) is 0 Å². The maximum absolute atomic E-state index is 13.6. The smallest absolute Gasteiger partial charge is 0.243 e. The molecule has 0 heterocycles. The van der Waals surface area contributed by atoms with Crippen molar-refractivity contribution in [3.63, 3.8) is 0 Å². The van der Waals surface area contributed by atoms with Gasteiger partial charge in [0.2, 0.25) is 11.8 Å². The highest BCUT2D eigenvalue weighted by molar-refractivity contribution is 7.99. The highest BCUT2D eigenvalue weighted by Gasteiger charge is 2.30. The van der Waals surface area contributed by atoms with E-state index in [1.54, 1.807) is 16.7 Å². The van der Waals surface area contributed by atoms with E-state index in [9.17, 15) is 9.59 Å². The summed E-state index contributed by atoms with van der Waals surface area (Å²) in [6.07, 6.45) is 1.71. The van der Waals surface area contributed by atoms with Crippen LogP contribution in [0, 0.1) is 13.8 Å². The average molecular weight is 489 g/mol. The van der Waals surface area contributed by atoms with Crippen molar-refractivity contribution in [3.8, 4) is 0 Å². The Morgan fingerprint density at radius 2 is 1.49 bits per heavy atom. The second-order valence-electron chi connectivity index (χ2n) is 8.92. The lowest BCUT2D eigenvalue weighted by molar-refractivity contribution is -0.141. The molecule has 4 nitrogen and oxygen atoms in total. The minimum atomic E-state index is -0.567. The standard InChI is InChI=1S/C30H36N2O2S/c1-4-19-31-30(34)28(21-25-8-6-5-7-9-25)32(22-26-14-10-23(2)11-15-26)29(33)18-20-35-27-16-12-24(3)13-17-27/h5-17,28H,4,18-22H2,1-3H3,(H,31,34). The molecule has 1 N–H and O–H groups in total. The fourth-order valence-corrected chi connectivity index (χ4v) is 4.69. The summed E-state index contributed by atoms with van der Waals surface area (Å²) in [6, 6.07) is 25.9. The molecule has 1 unspecified atom stereocenters. The van der Waals surface area contributed by atoms with E-state index >= 15 is 0 Å². The molecular weight excluding hydrogens is 452 g/mol. The summed E-state index contributed by atoms with van der Waals surface area (Å²) in [5.74, 6) is 0.570. The third-order valence-electron chi connectivity index (χ3n) is 5.90. The van der Waals surface area contributed by atoms with Crippen LogP contribution in [0.4, 0.5) is 0 Å². The Morgan fingerprint density at radius 1 is 0.857 bits per heavy atom. The number of nitrogens with zero attached hydrogens (tertiary/aromatic N) is 1. The first-order valence-corrected chi connectivity index (χ1v) is 13.3. The quantitative estimate of drug-likeness (QED) is 0.320. The zero-order valence-electron chi connectivity index (χ0n) is 21.0. The van der Waals surface area contributed by atoms with E-state index in [-0.39, 0.29) is 11.8 Å². The lowest BCUT2D eigenvalue weighted by atomic mass is 10.0. The van der Waals surface area contributed by atoms with E-state index in [2.05, 4.69) is 48.6 Å². The normalized spacial score (nSPS) is 11.6. The number of rotatable bonds is 12. The third kappa shape index (κ3) is 8.59. The fraction of sp³-hybridized carbons (Fsp3) is 0.333. The molecule has 184 valence electrons. The van der Waals surface area contributed by atoms with Crippen LogP contribution in [0.1, 0.15) is 42.0 Å². The van der Waals surface area contributed by atoms with Gasteiger partial charge in [0.1, 0.15) is 6.04 Å². The molecule has 0 aliphatic heterocycles. The van der Waals surface area contributed by atoms with Gasteiger partial charge in [-0.3, -0.25) is 9.59 Å². The molecule has 3 rings (SSSR count). The van der Waals surface area contributed by atoms with Crippen molar-refractivity contribution in [2.45, 2.75) is 57.5 Å². The number of carbonyl (C=O) groups excluding carboxylic acids is 2. The predicted molar refractivity (Wildman–Crippen MR) is 145 cm³/mol. The topological polar surface area (TPSA) is 49.4 Å². The van der Waals surface area contributed by atoms with Gasteiger partial charge >= 0.3 is 0 Å². The van der Waals surface area contributed by atoms with Gasteiger partial charge in [0, 0.05) is 36.6 Å². The van der Waals surface area contributed by atoms with Crippen LogP contribution in [0.15, 0.2) is 83.8 Å². The van der Waals surface area contributed by atoms with Gasteiger partial charge in [-0.15, -0.1) is 11.8 Å². The Hall–Kier alpha value is -3.05. The summed E-state index contributed by atoms with van der Waals surface area (Å²) in [4.78, 5) is 29.8. The van der Waals surface area contributed by atoms with E-state index in [1.165, 1.54) is 11.1 Å². The lowest BCUT2D eigenvalue weighted by Crippen LogP contribution is -2.50. The maximum Gasteiger partial charge on any atom is 0.243 e. The molecule has 0 aliphatic rings. The summed E-state index contributed by atoms with van der Waals surface area (Å²) in [6.45, 7) is 7.15. The molecule has 0 bridgehead atoms. The molecule has 0 aliphatic carbocycles. The van der Waals surface area contributed by atoms with Crippen LogP contribution in [-0.4, -0.2) is 35.1 Å². The number of carbonyl (C=O) groups is 2. The number of benzene rings is 3. The monoisotopic (exact) mass is 488 g/mol. The number of hydrogen-bond donors (Lipinski definition) is 1. The van der Waals surface area contributed by atoms with Gasteiger partial charge in [-0.05, 0) is 43.5 Å². The highest BCUT2D eigenvalue weighted by atomic mass is 32.2. The van der Waals surface area contributed by atoms with E-state index in [1.807, 2.05) is 56.3 Å². The van der Waals surface area contributed by atoms with Gasteiger partial charge in [-0.2, -0.15) is 0 Å². The van der Waals surface area contributed by atoms with Crippen molar-refractivity contribution in [1.29, 1.82) is 0 Å². The van der Waals surface area contributed by atoms with Crippen molar-refractivity contribution >= 4 is 23.6 Å². The first kappa shape index (κ1) is 26.6. The summed E-state index contributed by atoms with van der Waals surface area (Å²) in [5.41, 5.74) is 4.45. The Labute approximate surface area is 214 Å². The van der Waals surface area contributed by atoms with Crippen LogP contribution in [0.5, 0.6) is 0 Å². The average Bonchev–Trinajstić information content (AvgIpc) is 2.87. The number of nitrogens with one attached hydrogen (secondary N) is 1. The molecule has 0 saturated heterocycles. The molecule has 5 heteroatoms. The van der Waals surface area contributed by atoms with Crippen molar-refractivity contribution in [2.24, 2.45) is 0 Å². The molecule has 3 aromatic rings. The van der Waals surface area contributed by atoms with E-state index in [0.717, 1.165) is 22.4 Å². The van der Waals surface area contributed by atoms with Gasteiger partial charge in [-0.25, -0.2) is 0 Å². The summed E-state index contributed by atoms with van der Waals surface area (Å²) >= 11 is 1.67. The molecule has 3 aromatic carbocycles. The van der Waals surface area contributed by atoms with Crippen molar-refractivity contribution in [3.05, 3.63) is 101 Å². The predicted octanol–water partition coefficient (Wildman–Crippen LogP) is 5.95. The molecule has 0 fully saturated rings. The van der Waals surface area contributed by atoms with Gasteiger partial charge in [0.15, 0.2) is 0 Å². The number of aryl methyl sites for hydroxylation is 2. The molecule has 0 spiro atoms. The first-order chi connectivity index (χ1) is 17.0. The van der Waals surface area contributed by atoms with E-state index in [4.69, 9.17) is 0 Å². The Balaban J connectivity index is 1.81. The second kappa shape index (κ2) is 13.7. The lowest BCUT2D eigenvalue weighted by Gasteiger charge is -2.31. The Kier molecular flexibility index (Phi) is 10.4. The molecule has 35 heavy (non-hydrogen) atoms. The second-order valence-corrected chi connectivity index (χ2v) is 10.1. The molecular formula is C30H36N2O2S. The number of thioether (sulfide) groups is 1. The summed E-state index contributed by atoms with van der Waals surface area (Å²) in [5, 5.41) is 3.03. The molecule has 0 saturated carbocycles. The zero-order valence-corrected chi connectivity index (χ0v) is 21.8. The largest absolute Gasteiger partial charge is 0.354 e. The van der Waals surface area contributed by atoms with Crippen molar-refractivity contribution < 1.29 is 9.59 Å². The number of hydrogen-bond acceptors (Lipinski definition) is 3. The third-order valence-corrected chi connectivity index (χ3v) is 6.91. The molecule has 0 aromatic heterocycles. The highest BCUT2D eigenvalue weighted by Crippen LogP contribution is 2.21. The minimum absolute atomic E-state index is 0.00207. The van der Waals surface area contributed by atoms with Crippen LogP contribution >= 0.6 is 11.8 Å². The molecule has 0 radical (unpaired) electrons. The van der Waals surface area contributed by atoms with Crippen molar-refractivity contribution in [2.75, 3.05) is 12.3 Å². The van der Waals surface area contributed by atoms with Crippen LogP contribution in [0.3, 0.4) is 0 Å². The van der Waals surface area contributed by atoms with Crippen molar-refractivity contribution in [1.82, 2.24) is 10.2 Å². The Bertz CT molecular complexity index is 1070. The molecule has 1 atom stereocenters. The maximum atomic E-state index is 13.6. The van der Waals surface area contributed by atoms with E-state index in [0.29, 0.717) is 31.7 Å². The zero-order chi connectivity index (χ0) is 25.0. The van der Waals surface area contributed by atoms with Crippen LogP contribution in [0.2, 0.25) is 0 Å². The SMILES string of the molecule is CCCNC(=O)C(Cc1ccccc1)N(Cc1ccc(C)cc1)C(=O)CCSc1ccc(C)cc1. The number of amides is 2. The van der Waals surface area contributed by atoms with E-state index < -0.39 is 6.04 Å². The fourth-order valence-electron chi connectivity index (χ4n) is 3.84.